The van der Waals surface area contributed by atoms with Gasteiger partial charge in [0.2, 0.25) is 0 Å². The average Bonchev–Trinajstić information content (AvgIpc) is 2.36. The van der Waals surface area contributed by atoms with Crippen LogP contribution in [0.4, 0.5) is 11.6 Å². The second kappa shape index (κ2) is 7.13. The summed E-state index contributed by atoms with van der Waals surface area (Å²) in [5, 5.41) is 3.42. The maximum absolute atomic E-state index is 5.45. The average molecular weight is 252 g/mol. The lowest BCUT2D eigenvalue weighted by molar-refractivity contribution is 0.390. The lowest BCUT2D eigenvalue weighted by atomic mass is 10.2. The molecule has 18 heavy (non-hydrogen) atoms. The molecular formula is C12H24N6. The van der Waals surface area contributed by atoms with Crippen molar-refractivity contribution >= 4 is 11.6 Å². The molecule has 1 unspecified atom stereocenters. The predicted octanol–water partition coefficient (Wildman–Crippen LogP) is 1.08. The normalized spacial score (nSPS) is 12.6. The van der Waals surface area contributed by atoms with Gasteiger partial charge in [-0.25, -0.2) is 15.8 Å². The van der Waals surface area contributed by atoms with Gasteiger partial charge in [0.25, 0.3) is 0 Å². The van der Waals surface area contributed by atoms with Gasteiger partial charge in [0.05, 0.1) is 0 Å². The molecule has 0 aromatic carbocycles. The highest BCUT2D eigenvalue weighted by Crippen LogP contribution is 2.20. The van der Waals surface area contributed by atoms with Crippen LogP contribution in [0.2, 0.25) is 0 Å². The van der Waals surface area contributed by atoms with Gasteiger partial charge in [0, 0.05) is 11.6 Å². The summed E-state index contributed by atoms with van der Waals surface area (Å²) in [6.45, 7) is 5.26. The minimum Gasteiger partial charge on any atom is -0.367 e. The van der Waals surface area contributed by atoms with Crippen molar-refractivity contribution in [1.29, 1.82) is 0 Å². The zero-order valence-electron chi connectivity index (χ0n) is 11.7. The Morgan fingerprint density at radius 2 is 2.00 bits per heavy atom. The van der Waals surface area contributed by atoms with Gasteiger partial charge in [-0.3, -0.25) is 0 Å². The second-order valence-electron chi connectivity index (χ2n) is 4.68. The van der Waals surface area contributed by atoms with Crippen molar-refractivity contribution in [2.75, 3.05) is 31.4 Å². The number of nitrogen functional groups attached to an aromatic ring is 1. The topological polar surface area (TPSA) is 79.1 Å². The highest BCUT2D eigenvalue weighted by Gasteiger charge is 2.11. The minimum absolute atomic E-state index is 0.359. The summed E-state index contributed by atoms with van der Waals surface area (Å²) in [6.07, 6.45) is 3.42. The van der Waals surface area contributed by atoms with Crippen molar-refractivity contribution < 1.29 is 0 Å². The van der Waals surface area contributed by atoms with Crippen LogP contribution in [0.1, 0.15) is 25.8 Å². The first-order valence-electron chi connectivity index (χ1n) is 6.30. The Balaban J connectivity index is 2.71. The quantitative estimate of drug-likeness (QED) is 0.498. The molecule has 0 fully saturated rings. The summed E-state index contributed by atoms with van der Waals surface area (Å²) in [4.78, 5) is 10.6. The molecule has 0 aliphatic heterocycles. The molecule has 0 bridgehead atoms. The third-order valence-corrected chi connectivity index (χ3v) is 2.83. The van der Waals surface area contributed by atoms with Gasteiger partial charge in [-0.05, 0) is 40.4 Å². The van der Waals surface area contributed by atoms with E-state index >= 15 is 0 Å². The van der Waals surface area contributed by atoms with Crippen LogP contribution in [-0.4, -0.2) is 41.5 Å². The summed E-state index contributed by atoms with van der Waals surface area (Å²) in [7, 11) is 4.15. The second-order valence-corrected chi connectivity index (χ2v) is 4.68. The zero-order valence-corrected chi connectivity index (χ0v) is 11.7. The fourth-order valence-electron chi connectivity index (χ4n) is 1.75. The van der Waals surface area contributed by atoms with E-state index in [1.165, 1.54) is 6.33 Å². The van der Waals surface area contributed by atoms with E-state index in [9.17, 15) is 0 Å². The van der Waals surface area contributed by atoms with Crippen molar-refractivity contribution in [3.8, 4) is 0 Å². The monoisotopic (exact) mass is 252 g/mol. The van der Waals surface area contributed by atoms with Crippen LogP contribution in [-0.2, 0) is 6.42 Å². The van der Waals surface area contributed by atoms with Gasteiger partial charge >= 0.3 is 0 Å². The number of rotatable bonds is 7. The molecule has 6 heteroatoms. The molecular weight excluding hydrogens is 228 g/mol. The van der Waals surface area contributed by atoms with Gasteiger partial charge < -0.3 is 15.6 Å². The van der Waals surface area contributed by atoms with Crippen molar-refractivity contribution in [2.24, 2.45) is 5.84 Å². The smallest absolute Gasteiger partial charge is 0.148 e. The number of anilines is 2. The van der Waals surface area contributed by atoms with Crippen molar-refractivity contribution in [3.63, 3.8) is 0 Å². The molecule has 4 N–H and O–H groups in total. The van der Waals surface area contributed by atoms with Crippen LogP contribution in [0.25, 0.3) is 0 Å². The van der Waals surface area contributed by atoms with Gasteiger partial charge in [-0.15, -0.1) is 0 Å². The highest BCUT2D eigenvalue weighted by atomic mass is 15.3. The molecule has 102 valence electrons. The third kappa shape index (κ3) is 4.12. The molecule has 0 spiro atoms. The SMILES string of the molecule is CCc1c(NN)ncnc1NC(C)CCN(C)C. The molecule has 0 aliphatic rings. The Morgan fingerprint density at radius 3 is 2.56 bits per heavy atom. The molecule has 1 aromatic heterocycles. The molecule has 1 atom stereocenters. The Morgan fingerprint density at radius 1 is 1.33 bits per heavy atom. The fraction of sp³-hybridized carbons (Fsp3) is 0.667. The number of aromatic nitrogens is 2. The first kappa shape index (κ1) is 14.7. The van der Waals surface area contributed by atoms with Crippen LogP contribution in [0.5, 0.6) is 0 Å². The molecule has 0 saturated heterocycles. The van der Waals surface area contributed by atoms with E-state index in [4.69, 9.17) is 5.84 Å². The number of nitrogens with two attached hydrogens (primary N) is 1. The third-order valence-electron chi connectivity index (χ3n) is 2.83. The largest absolute Gasteiger partial charge is 0.367 e. The Hall–Kier alpha value is -1.40. The summed E-state index contributed by atoms with van der Waals surface area (Å²) >= 11 is 0. The Labute approximate surface area is 109 Å². The summed E-state index contributed by atoms with van der Waals surface area (Å²) in [5.41, 5.74) is 3.64. The van der Waals surface area contributed by atoms with Crippen LogP contribution in [0, 0.1) is 0 Å². The van der Waals surface area contributed by atoms with E-state index in [-0.39, 0.29) is 0 Å². The van der Waals surface area contributed by atoms with Gasteiger partial charge in [-0.1, -0.05) is 6.92 Å². The molecule has 0 radical (unpaired) electrons. The zero-order chi connectivity index (χ0) is 13.5. The number of nitrogens with one attached hydrogen (secondary N) is 2. The lowest BCUT2D eigenvalue weighted by Crippen LogP contribution is -2.24. The van der Waals surface area contributed by atoms with Crippen molar-refractivity contribution in [2.45, 2.75) is 32.7 Å². The number of hydrazine groups is 1. The predicted molar refractivity (Wildman–Crippen MR) is 75.5 cm³/mol. The molecule has 1 rings (SSSR count). The Bertz CT molecular complexity index is 366. The first-order chi connectivity index (χ1) is 8.58. The summed E-state index contributed by atoms with van der Waals surface area (Å²) < 4.78 is 0. The molecule has 0 aliphatic carbocycles. The van der Waals surface area contributed by atoms with E-state index < -0.39 is 0 Å². The van der Waals surface area contributed by atoms with Gasteiger partial charge in [0.15, 0.2) is 0 Å². The van der Waals surface area contributed by atoms with Crippen molar-refractivity contribution in [1.82, 2.24) is 14.9 Å². The summed E-state index contributed by atoms with van der Waals surface area (Å²) in [5.74, 6) is 7.01. The fourth-order valence-corrected chi connectivity index (χ4v) is 1.75. The van der Waals surface area contributed by atoms with Crippen molar-refractivity contribution in [3.05, 3.63) is 11.9 Å². The number of hydrogen-bond donors (Lipinski definition) is 3. The van der Waals surface area contributed by atoms with E-state index in [0.29, 0.717) is 11.9 Å². The van der Waals surface area contributed by atoms with E-state index in [1.807, 2.05) is 0 Å². The van der Waals surface area contributed by atoms with Gasteiger partial charge in [-0.2, -0.15) is 0 Å². The lowest BCUT2D eigenvalue weighted by Gasteiger charge is -2.19. The molecule has 6 nitrogen and oxygen atoms in total. The molecule has 0 saturated carbocycles. The minimum atomic E-state index is 0.359. The highest BCUT2D eigenvalue weighted by molar-refractivity contribution is 5.57. The Kier molecular flexibility index (Phi) is 5.80. The van der Waals surface area contributed by atoms with Crippen LogP contribution < -0.4 is 16.6 Å². The van der Waals surface area contributed by atoms with Gasteiger partial charge in [0.1, 0.15) is 18.0 Å². The van der Waals surface area contributed by atoms with Crippen LogP contribution >= 0.6 is 0 Å². The maximum Gasteiger partial charge on any atom is 0.148 e. The molecule has 0 amide bonds. The number of nitrogens with zero attached hydrogens (tertiary/aromatic N) is 3. The van der Waals surface area contributed by atoms with E-state index in [0.717, 1.165) is 30.8 Å². The van der Waals surface area contributed by atoms with E-state index in [1.54, 1.807) is 0 Å². The van der Waals surface area contributed by atoms with Crippen LogP contribution in [0.3, 0.4) is 0 Å². The standard InChI is InChI=1S/C12H24N6/c1-5-10-11(14-8-15-12(10)17-13)16-9(2)6-7-18(3)4/h8-9H,5-7,13H2,1-4H3,(H2,14,15,16,17). The van der Waals surface area contributed by atoms with E-state index in [2.05, 4.69) is 53.6 Å². The molecule has 1 aromatic rings. The maximum atomic E-state index is 5.45. The number of hydrogen-bond acceptors (Lipinski definition) is 6. The van der Waals surface area contributed by atoms with Crippen LogP contribution in [0.15, 0.2) is 6.33 Å². The summed E-state index contributed by atoms with van der Waals surface area (Å²) in [6, 6.07) is 0.359. The molecule has 1 heterocycles. The first-order valence-corrected chi connectivity index (χ1v) is 6.30.